The van der Waals surface area contributed by atoms with Crippen LogP contribution < -0.4 is 14.8 Å². The van der Waals surface area contributed by atoms with Gasteiger partial charge in [0.25, 0.3) is 11.8 Å². The molecule has 1 aromatic carbocycles. The van der Waals surface area contributed by atoms with E-state index in [1.807, 2.05) is 10.0 Å². The molecule has 15 heteroatoms. The molecule has 224 valence electrons. The number of halogens is 6. The highest BCUT2D eigenvalue weighted by Gasteiger charge is 2.60. The van der Waals surface area contributed by atoms with Crippen molar-refractivity contribution >= 4 is 27.4 Å². The van der Waals surface area contributed by atoms with Crippen molar-refractivity contribution in [1.82, 2.24) is 15.0 Å². The van der Waals surface area contributed by atoms with E-state index >= 15 is 0 Å². The lowest BCUT2D eigenvalue weighted by Gasteiger charge is -2.41. The molecule has 2 heterocycles. The molecule has 2 aliphatic rings. The fourth-order valence-electron chi connectivity index (χ4n) is 4.57. The number of aromatic amines is 1. The average molecular weight is 608 g/mol. The molecule has 2 aromatic rings. The van der Waals surface area contributed by atoms with Crippen LogP contribution in [0.5, 0.6) is 5.75 Å². The third-order valence-electron chi connectivity index (χ3n) is 6.87. The molecule has 1 aliphatic heterocycles. The molecular weight excluding hydrogens is 580 g/mol. The van der Waals surface area contributed by atoms with E-state index in [-0.39, 0.29) is 41.9 Å². The van der Waals surface area contributed by atoms with Crippen LogP contribution in [-0.2, 0) is 25.2 Å². The standard InChI is InChI=1S/C26H27F6N3O5S/c27-25(28,29)11-2-1-3-13-40-18-6-4-17(5-7-18)24(26(30,31)32)14-20(16-10-12-33-15-16)21(22(36)34-24)23(37)35-41(38,39)19-8-9-19/h4-7,10,12,15,19,33H,1-3,8-9,11,13-14H2,(H,34,36)(H,35,37)/t24-/m0/s1. The summed E-state index contributed by atoms with van der Waals surface area (Å²) in [5, 5.41) is 1.12. The minimum Gasteiger partial charge on any atom is -0.494 e. The lowest BCUT2D eigenvalue weighted by Crippen LogP contribution is -2.59. The second kappa shape index (κ2) is 11.4. The summed E-state index contributed by atoms with van der Waals surface area (Å²) >= 11 is 0. The Balaban J connectivity index is 1.58. The Bertz CT molecular complexity index is 1400. The number of sulfonamides is 1. The zero-order valence-electron chi connectivity index (χ0n) is 21.5. The number of H-pyrrole nitrogens is 1. The number of benzene rings is 1. The summed E-state index contributed by atoms with van der Waals surface area (Å²) in [6.07, 6.45) is -7.28. The normalized spacial score (nSPS) is 20.1. The smallest absolute Gasteiger partial charge is 0.416 e. The van der Waals surface area contributed by atoms with Crippen molar-refractivity contribution in [2.24, 2.45) is 0 Å². The first-order valence-corrected chi connectivity index (χ1v) is 14.3. The Morgan fingerprint density at radius 1 is 1.02 bits per heavy atom. The van der Waals surface area contributed by atoms with Crippen LogP contribution in [0.15, 0.2) is 48.3 Å². The average Bonchev–Trinajstić information content (AvgIpc) is 3.60. The van der Waals surface area contributed by atoms with Crippen molar-refractivity contribution in [3.05, 3.63) is 59.4 Å². The number of carbonyl (C=O) groups excluding carboxylic acids is 2. The minimum atomic E-state index is -5.05. The third kappa shape index (κ3) is 7.05. The van der Waals surface area contributed by atoms with Gasteiger partial charge in [-0.1, -0.05) is 12.1 Å². The Morgan fingerprint density at radius 2 is 1.71 bits per heavy atom. The van der Waals surface area contributed by atoms with Crippen LogP contribution in [0, 0.1) is 0 Å². The minimum absolute atomic E-state index is 0.0565. The Hall–Kier alpha value is -3.49. The van der Waals surface area contributed by atoms with E-state index in [9.17, 15) is 44.3 Å². The summed E-state index contributed by atoms with van der Waals surface area (Å²) in [6, 6.07) is 6.06. The van der Waals surface area contributed by atoms with E-state index in [1.165, 1.54) is 30.6 Å². The molecule has 3 N–H and O–H groups in total. The number of hydrogen-bond acceptors (Lipinski definition) is 5. The molecule has 4 rings (SSSR count). The summed E-state index contributed by atoms with van der Waals surface area (Å²) in [7, 11) is -4.09. The number of nitrogens with one attached hydrogen (secondary N) is 3. The Labute approximate surface area is 231 Å². The first kappa shape index (κ1) is 30.5. The summed E-state index contributed by atoms with van der Waals surface area (Å²) < 4.78 is 113. The number of alkyl halides is 6. The first-order valence-electron chi connectivity index (χ1n) is 12.7. The van der Waals surface area contributed by atoms with Gasteiger partial charge < -0.3 is 15.0 Å². The van der Waals surface area contributed by atoms with Crippen LogP contribution in [0.4, 0.5) is 26.3 Å². The maximum atomic E-state index is 14.7. The van der Waals surface area contributed by atoms with Crippen molar-refractivity contribution in [3.63, 3.8) is 0 Å². The lowest BCUT2D eigenvalue weighted by molar-refractivity contribution is -0.201. The molecule has 0 saturated heterocycles. The van der Waals surface area contributed by atoms with Gasteiger partial charge in [-0.15, -0.1) is 0 Å². The van der Waals surface area contributed by atoms with Gasteiger partial charge in [0, 0.05) is 25.2 Å². The van der Waals surface area contributed by atoms with Crippen LogP contribution in [0.25, 0.3) is 5.57 Å². The van der Waals surface area contributed by atoms with Crippen molar-refractivity contribution in [3.8, 4) is 5.75 Å². The zero-order chi connectivity index (χ0) is 30.1. The number of carbonyl (C=O) groups is 2. The van der Waals surface area contributed by atoms with Gasteiger partial charge in [0.2, 0.25) is 10.0 Å². The highest BCUT2D eigenvalue weighted by atomic mass is 32.2. The van der Waals surface area contributed by atoms with E-state index < -0.39 is 63.4 Å². The monoisotopic (exact) mass is 607 g/mol. The van der Waals surface area contributed by atoms with Gasteiger partial charge in [0.05, 0.1) is 11.9 Å². The van der Waals surface area contributed by atoms with E-state index in [0.717, 1.165) is 12.1 Å². The molecular formula is C26H27F6N3O5S. The molecule has 0 unspecified atom stereocenters. The quantitative estimate of drug-likeness (QED) is 0.192. The van der Waals surface area contributed by atoms with Crippen molar-refractivity contribution in [2.75, 3.05) is 6.61 Å². The van der Waals surface area contributed by atoms with Gasteiger partial charge in [0.15, 0.2) is 5.54 Å². The number of aromatic nitrogens is 1. The van der Waals surface area contributed by atoms with Crippen LogP contribution in [-0.4, -0.2) is 49.4 Å². The van der Waals surface area contributed by atoms with Gasteiger partial charge >= 0.3 is 12.4 Å². The molecule has 1 atom stereocenters. The third-order valence-corrected chi connectivity index (χ3v) is 8.69. The van der Waals surface area contributed by atoms with Gasteiger partial charge in [-0.3, -0.25) is 9.59 Å². The molecule has 0 spiro atoms. The Kier molecular flexibility index (Phi) is 8.48. The Morgan fingerprint density at radius 3 is 2.27 bits per heavy atom. The number of unbranched alkanes of at least 4 members (excludes halogenated alkanes) is 2. The molecule has 1 aliphatic carbocycles. The molecule has 2 amide bonds. The van der Waals surface area contributed by atoms with E-state index in [0.29, 0.717) is 19.3 Å². The predicted molar refractivity (Wildman–Crippen MR) is 135 cm³/mol. The highest BCUT2D eigenvalue weighted by molar-refractivity contribution is 7.91. The molecule has 0 radical (unpaired) electrons. The van der Waals surface area contributed by atoms with Gasteiger partial charge in [-0.05, 0) is 67.0 Å². The molecule has 1 aromatic heterocycles. The molecule has 41 heavy (non-hydrogen) atoms. The van der Waals surface area contributed by atoms with Gasteiger partial charge in [-0.25, -0.2) is 13.1 Å². The van der Waals surface area contributed by atoms with Crippen LogP contribution in [0.2, 0.25) is 0 Å². The zero-order valence-corrected chi connectivity index (χ0v) is 22.3. The van der Waals surface area contributed by atoms with E-state index in [1.54, 1.807) is 0 Å². The largest absolute Gasteiger partial charge is 0.494 e. The highest BCUT2D eigenvalue weighted by Crippen LogP contribution is 2.48. The van der Waals surface area contributed by atoms with Crippen molar-refractivity contribution in [2.45, 2.75) is 68.1 Å². The molecule has 8 nitrogen and oxygen atoms in total. The second-order valence-corrected chi connectivity index (χ2v) is 11.9. The fraction of sp³-hybridized carbons (Fsp3) is 0.462. The maximum Gasteiger partial charge on any atom is 0.416 e. The van der Waals surface area contributed by atoms with Crippen LogP contribution in [0.1, 0.15) is 56.1 Å². The molecule has 1 fully saturated rings. The topological polar surface area (TPSA) is 117 Å². The first-order chi connectivity index (χ1) is 19.1. The van der Waals surface area contributed by atoms with Crippen molar-refractivity contribution in [1.29, 1.82) is 0 Å². The second-order valence-electron chi connectivity index (χ2n) is 9.96. The molecule has 1 saturated carbocycles. The van der Waals surface area contributed by atoms with Gasteiger partial charge in [0.1, 0.15) is 11.3 Å². The lowest BCUT2D eigenvalue weighted by atomic mass is 9.76. The SMILES string of the molecule is O=C1N[C@@](c2ccc(OCCCCCC(F)(F)F)cc2)(C(F)(F)F)CC(c2cc[nH]c2)=C1C(=O)NS(=O)(=O)C1CC1. The van der Waals surface area contributed by atoms with Crippen LogP contribution >= 0.6 is 0 Å². The summed E-state index contributed by atoms with van der Waals surface area (Å²) in [4.78, 5) is 28.8. The van der Waals surface area contributed by atoms with E-state index in [2.05, 4.69) is 4.98 Å². The number of ether oxygens (including phenoxy) is 1. The summed E-state index contributed by atoms with van der Waals surface area (Å²) in [6.45, 7) is 0.0565. The number of rotatable bonds is 11. The maximum absolute atomic E-state index is 14.7. The summed E-state index contributed by atoms with van der Waals surface area (Å²) in [5.41, 5.74) is -4.26. The van der Waals surface area contributed by atoms with E-state index in [4.69, 9.17) is 4.74 Å². The van der Waals surface area contributed by atoms with Gasteiger partial charge in [-0.2, -0.15) is 26.3 Å². The van der Waals surface area contributed by atoms with Crippen LogP contribution in [0.3, 0.4) is 0 Å². The molecule has 0 bridgehead atoms. The summed E-state index contributed by atoms with van der Waals surface area (Å²) in [5.74, 6) is -2.54. The number of hydrogen-bond donors (Lipinski definition) is 3. The van der Waals surface area contributed by atoms with Crippen molar-refractivity contribution < 1.29 is 49.1 Å². The number of amides is 2. The predicted octanol–water partition coefficient (Wildman–Crippen LogP) is 4.86. The fourth-order valence-corrected chi connectivity index (χ4v) is 5.85.